The van der Waals surface area contributed by atoms with E-state index in [-0.39, 0.29) is 18.4 Å². The predicted octanol–water partition coefficient (Wildman–Crippen LogP) is 1.49. The summed E-state index contributed by atoms with van der Waals surface area (Å²) < 4.78 is 12.9. The highest BCUT2D eigenvalue weighted by molar-refractivity contribution is 6.31. The molecule has 1 rings (SSSR count). The molecule has 0 saturated carbocycles. The third-order valence-corrected chi connectivity index (χ3v) is 2.49. The van der Waals surface area contributed by atoms with E-state index >= 15 is 0 Å². The van der Waals surface area contributed by atoms with Crippen LogP contribution in [0.3, 0.4) is 0 Å². The Morgan fingerprint density at radius 3 is 2.94 bits per heavy atom. The van der Waals surface area contributed by atoms with Gasteiger partial charge in [-0.2, -0.15) is 0 Å². The summed E-state index contributed by atoms with van der Waals surface area (Å²) in [6.07, 6.45) is 0.0565. The zero-order valence-electron chi connectivity index (χ0n) is 8.97. The van der Waals surface area contributed by atoms with Crippen LogP contribution in [-0.4, -0.2) is 18.5 Å². The number of amides is 1. The molecule has 88 valence electrons. The summed E-state index contributed by atoms with van der Waals surface area (Å²) in [5.74, 6) is -0.621. The molecule has 1 atom stereocenters. The summed E-state index contributed by atoms with van der Waals surface area (Å²) in [6.45, 7) is 2.16. The molecule has 3 nitrogen and oxygen atoms in total. The van der Waals surface area contributed by atoms with Gasteiger partial charge in [-0.25, -0.2) is 4.39 Å². The highest BCUT2D eigenvalue weighted by Crippen LogP contribution is 2.17. The van der Waals surface area contributed by atoms with Crippen molar-refractivity contribution in [1.82, 2.24) is 5.32 Å². The first-order valence-corrected chi connectivity index (χ1v) is 5.34. The molecule has 3 N–H and O–H groups in total. The molecule has 0 saturated heterocycles. The van der Waals surface area contributed by atoms with E-state index in [4.69, 9.17) is 17.3 Å². The average molecular weight is 245 g/mol. The van der Waals surface area contributed by atoms with Crippen LogP contribution in [-0.2, 0) is 11.2 Å². The Morgan fingerprint density at radius 1 is 1.62 bits per heavy atom. The van der Waals surface area contributed by atoms with Gasteiger partial charge in [0.2, 0.25) is 5.91 Å². The zero-order valence-corrected chi connectivity index (χ0v) is 9.72. The Hall–Kier alpha value is -1.13. The topological polar surface area (TPSA) is 55.1 Å². The molecular weight excluding hydrogens is 231 g/mol. The maximum Gasteiger partial charge on any atom is 0.224 e. The van der Waals surface area contributed by atoms with E-state index in [1.54, 1.807) is 6.92 Å². The minimum Gasteiger partial charge on any atom is -0.352 e. The maximum atomic E-state index is 12.9. The van der Waals surface area contributed by atoms with Gasteiger partial charge in [-0.3, -0.25) is 4.79 Å². The van der Waals surface area contributed by atoms with Gasteiger partial charge in [-0.05, 0) is 30.7 Å². The number of carbonyl (C=O) groups is 1. The number of nitrogens with one attached hydrogen (secondary N) is 1. The SMILES string of the molecule is CC(CN)NC(=O)Cc1cc(F)ccc1Cl. The third kappa shape index (κ3) is 3.79. The van der Waals surface area contributed by atoms with Gasteiger partial charge in [0, 0.05) is 17.6 Å². The molecule has 0 heterocycles. The molecule has 0 aliphatic rings. The highest BCUT2D eigenvalue weighted by atomic mass is 35.5. The van der Waals surface area contributed by atoms with E-state index < -0.39 is 5.82 Å². The maximum absolute atomic E-state index is 12.9. The molecule has 0 aliphatic heterocycles. The summed E-state index contributed by atoms with van der Waals surface area (Å²) in [6, 6.07) is 3.85. The molecule has 0 fully saturated rings. The van der Waals surface area contributed by atoms with Gasteiger partial charge in [-0.15, -0.1) is 0 Å². The first-order chi connectivity index (χ1) is 7.52. The van der Waals surface area contributed by atoms with Crippen LogP contribution in [0, 0.1) is 5.82 Å². The Morgan fingerprint density at radius 2 is 2.31 bits per heavy atom. The lowest BCUT2D eigenvalue weighted by Crippen LogP contribution is -2.38. The van der Waals surface area contributed by atoms with Crippen LogP contribution >= 0.6 is 11.6 Å². The number of hydrogen-bond acceptors (Lipinski definition) is 2. The van der Waals surface area contributed by atoms with E-state index in [0.29, 0.717) is 17.1 Å². The van der Waals surface area contributed by atoms with Crippen molar-refractivity contribution in [2.75, 3.05) is 6.54 Å². The molecule has 0 radical (unpaired) electrons. The van der Waals surface area contributed by atoms with Gasteiger partial charge < -0.3 is 11.1 Å². The van der Waals surface area contributed by atoms with E-state index in [9.17, 15) is 9.18 Å². The Labute approximate surface area is 98.8 Å². The largest absolute Gasteiger partial charge is 0.352 e. The van der Waals surface area contributed by atoms with Crippen molar-refractivity contribution in [2.45, 2.75) is 19.4 Å². The van der Waals surface area contributed by atoms with Gasteiger partial charge in [-0.1, -0.05) is 11.6 Å². The number of halogens is 2. The summed E-state index contributed by atoms with van der Waals surface area (Å²) >= 11 is 5.84. The van der Waals surface area contributed by atoms with Crippen LogP contribution in [0.1, 0.15) is 12.5 Å². The molecule has 1 aromatic carbocycles. The fraction of sp³-hybridized carbons (Fsp3) is 0.364. The predicted molar refractivity (Wildman–Crippen MR) is 61.8 cm³/mol. The van der Waals surface area contributed by atoms with Crippen LogP contribution in [0.25, 0.3) is 0 Å². The lowest BCUT2D eigenvalue weighted by Gasteiger charge is -2.11. The second-order valence-corrected chi connectivity index (χ2v) is 4.02. The monoisotopic (exact) mass is 244 g/mol. The van der Waals surface area contributed by atoms with Crippen LogP contribution in [0.5, 0.6) is 0 Å². The summed E-state index contributed by atoms with van der Waals surface area (Å²) in [4.78, 5) is 11.5. The fourth-order valence-electron chi connectivity index (χ4n) is 1.24. The normalized spacial score (nSPS) is 12.2. The van der Waals surface area contributed by atoms with Crippen molar-refractivity contribution in [3.8, 4) is 0 Å². The number of carbonyl (C=O) groups excluding carboxylic acids is 1. The second-order valence-electron chi connectivity index (χ2n) is 3.62. The van der Waals surface area contributed by atoms with Crippen LogP contribution < -0.4 is 11.1 Å². The van der Waals surface area contributed by atoms with E-state index in [1.807, 2.05) is 0 Å². The van der Waals surface area contributed by atoms with Crippen molar-refractivity contribution < 1.29 is 9.18 Å². The van der Waals surface area contributed by atoms with Gasteiger partial charge >= 0.3 is 0 Å². The van der Waals surface area contributed by atoms with Crippen molar-refractivity contribution in [3.63, 3.8) is 0 Å². The first-order valence-electron chi connectivity index (χ1n) is 4.96. The number of nitrogens with two attached hydrogens (primary N) is 1. The smallest absolute Gasteiger partial charge is 0.224 e. The van der Waals surface area contributed by atoms with Crippen molar-refractivity contribution in [1.29, 1.82) is 0 Å². The van der Waals surface area contributed by atoms with Gasteiger partial charge in [0.25, 0.3) is 0 Å². The molecule has 1 amide bonds. The standard InChI is InChI=1S/C11H14ClFN2O/c1-7(6-14)15-11(16)5-8-4-9(13)2-3-10(8)12/h2-4,7H,5-6,14H2,1H3,(H,15,16). The Kier molecular flexibility index (Phi) is 4.71. The molecule has 16 heavy (non-hydrogen) atoms. The minimum atomic E-state index is -0.404. The van der Waals surface area contributed by atoms with Crippen LogP contribution in [0.4, 0.5) is 4.39 Å². The minimum absolute atomic E-state index is 0.0565. The van der Waals surface area contributed by atoms with Gasteiger partial charge in [0.15, 0.2) is 0 Å². The Bertz CT molecular complexity index is 384. The first kappa shape index (κ1) is 12.9. The van der Waals surface area contributed by atoms with Gasteiger partial charge in [0.1, 0.15) is 5.82 Å². The summed E-state index contributed by atoms with van der Waals surface area (Å²) in [5.41, 5.74) is 5.84. The fourth-order valence-corrected chi connectivity index (χ4v) is 1.42. The molecule has 0 spiro atoms. The molecule has 0 aliphatic carbocycles. The average Bonchev–Trinajstić information content (AvgIpc) is 2.23. The molecule has 1 aromatic rings. The molecular formula is C11H14ClFN2O. The van der Waals surface area contributed by atoms with Crippen molar-refractivity contribution in [3.05, 3.63) is 34.6 Å². The van der Waals surface area contributed by atoms with E-state index in [1.165, 1.54) is 18.2 Å². The Balaban J connectivity index is 2.65. The lowest BCUT2D eigenvalue weighted by atomic mass is 10.1. The highest BCUT2D eigenvalue weighted by Gasteiger charge is 2.10. The second kappa shape index (κ2) is 5.82. The quantitative estimate of drug-likeness (QED) is 0.843. The third-order valence-electron chi connectivity index (χ3n) is 2.12. The number of hydrogen-bond donors (Lipinski definition) is 2. The van der Waals surface area contributed by atoms with Crippen LogP contribution in [0.2, 0.25) is 5.02 Å². The van der Waals surface area contributed by atoms with Crippen molar-refractivity contribution in [2.24, 2.45) is 5.73 Å². The summed E-state index contributed by atoms with van der Waals surface area (Å²) in [5, 5.41) is 3.07. The molecule has 0 bridgehead atoms. The lowest BCUT2D eigenvalue weighted by molar-refractivity contribution is -0.120. The van der Waals surface area contributed by atoms with E-state index in [0.717, 1.165) is 0 Å². The van der Waals surface area contributed by atoms with Crippen molar-refractivity contribution >= 4 is 17.5 Å². The molecule has 5 heteroatoms. The molecule has 1 unspecified atom stereocenters. The van der Waals surface area contributed by atoms with Crippen LogP contribution in [0.15, 0.2) is 18.2 Å². The summed E-state index contributed by atoms with van der Waals surface area (Å²) in [7, 11) is 0. The zero-order chi connectivity index (χ0) is 12.1. The number of benzene rings is 1. The molecule has 0 aromatic heterocycles. The number of rotatable bonds is 4. The van der Waals surface area contributed by atoms with E-state index in [2.05, 4.69) is 5.32 Å². The van der Waals surface area contributed by atoms with Gasteiger partial charge in [0.05, 0.1) is 6.42 Å².